The van der Waals surface area contributed by atoms with Crippen molar-refractivity contribution in [2.24, 2.45) is 5.92 Å². The van der Waals surface area contributed by atoms with Gasteiger partial charge >= 0.3 is 5.97 Å². The summed E-state index contributed by atoms with van der Waals surface area (Å²) in [6, 6.07) is 10.7. The maximum absolute atomic E-state index is 12.7. The van der Waals surface area contributed by atoms with Crippen molar-refractivity contribution in [3.63, 3.8) is 0 Å². The summed E-state index contributed by atoms with van der Waals surface area (Å²) in [6.45, 7) is 4.16. The lowest BCUT2D eigenvalue weighted by Crippen LogP contribution is -2.40. The Morgan fingerprint density at radius 2 is 1.68 bits per heavy atom. The molecule has 1 aliphatic heterocycles. The summed E-state index contributed by atoms with van der Waals surface area (Å²) in [7, 11) is -3.56. The van der Waals surface area contributed by atoms with Crippen molar-refractivity contribution in [3.05, 3.63) is 53.3 Å². The Hall–Kier alpha value is -2.45. The molecular weight excluding hydrogens is 416 g/mol. The molecule has 7 nitrogen and oxygen atoms in total. The number of aryl methyl sites for hydroxylation is 1. The Kier molecular flexibility index (Phi) is 6.03. The summed E-state index contributed by atoms with van der Waals surface area (Å²) < 4.78 is 34.3. The van der Waals surface area contributed by atoms with Crippen LogP contribution in [0.15, 0.2) is 41.3 Å². The number of rotatable bonds is 7. The fourth-order valence-corrected chi connectivity index (χ4v) is 5.85. The zero-order chi connectivity index (χ0) is 22.2. The lowest BCUT2D eigenvalue weighted by Gasteiger charge is -2.30. The van der Waals surface area contributed by atoms with E-state index >= 15 is 0 Å². The van der Waals surface area contributed by atoms with Gasteiger partial charge in [0.15, 0.2) is 6.61 Å². The van der Waals surface area contributed by atoms with Crippen LogP contribution in [0.25, 0.3) is 0 Å². The average molecular weight is 445 g/mol. The minimum absolute atomic E-state index is 0.197. The van der Waals surface area contributed by atoms with Crippen molar-refractivity contribution in [1.29, 1.82) is 0 Å². The van der Waals surface area contributed by atoms with Crippen LogP contribution in [0.3, 0.4) is 0 Å². The molecule has 0 unspecified atom stereocenters. The van der Waals surface area contributed by atoms with Crippen LogP contribution in [0.5, 0.6) is 0 Å². The van der Waals surface area contributed by atoms with Gasteiger partial charge in [0, 0.05) is 36.1 Å². The topological polar surface area (TPSA) is 85.7 Å². The molecule has 2 aromatic rings. The molecule has 4 rings (SSSR count). The fraction of sp³-hybridized carbons (Fsp3) is 0.478. The first kappa shape index (κ1) is 21.8. The van der Waals surface area contributed by atoms with Gasteiger partial charge in [0.25, 0.3) is 0 Å². The standard InChI is InChI=1S/C23H28N2O5S/c1-16-14-21(17(2)25(16)19-8-9-19)22(26)15-30-23(27)18-10-12-24(13-11-18)31(28,29)20-6-4-3-5-7-20/h3-7,14,18-19H,8-13,15H2,1-2H3. The van der Waals surface area contributed by atoms with Gasteiger partial charge < -0.3 is 9.30 Å². The number of carbonyl (C=O) groups excluding carboxylic acids is 2. The molecule has 0 atom stereocenters. The molecule has 0 radical (unpaired) electrons. The summed E-state index contributed by atoms with van der Waals surface area (Å²) in [4.78, 5) is 25.4. The molecule has 1 aliphatic carbocycles. The molecule has 1 aromatic heterocycles. The summed E-state index contributed by atoms with van der Waals surface area (Å²) in [5, 5.41) is 0. The van der Waals surface area contributed by atoms with Crippen LogP contribution in [-0.2, 0) is 19.6 Å². The highest BCUT2D eigenvalue weighted by Gasteiger charge is 2.33. The Morgan fingerprint density at radius 1 is 1.03 bits per heavy atom. The van der Waals surface area contributed by atoms with Crippen molar-refractivity contribution in [3.8, 4) is 0 Å². The molecule has 2 aliphatic rings. The van der Waals surface area contributed by atoms with E-state index in [4.69, 9.17) is 4.74 Å². The van der Waals surface area contributed by atoms with Crippen LogP contribution in [-0.4, -0.2) is 48.7 Å². The highest BCUT2D eigenvalue weighted by molar-refractivity contribution is 7.89. The zero-order valence-corrected chi connectivity index (χ0v) is 18.7. The van der Waals surface area contributed by atoms with E-state index in [9.17, 15) is 18.0 Å². The number of carbonyl (C=O) groups is 2. The minimum Gasteiger partial charge on any atom is -0.457 e. The maximum Gasteiger partial charge on any atom is 0.309 e. The molecule has 2 heterocycles. The van der Waals surface area contributed by atoms with Crippen LogP contribution in [0.1, 0.15) is 53.5 Å². The highest BCUT2D eigenvalue weighted by atomic mass is 32.2. The minimum atomic E-state index is -3.56. The van der Waals surface area contributed by atoms with E-state index in [1.165, 1.54) is 4.31 Å². The van der Waals surface area contributed by atoms with Gasteiger partial charge in [0.05, 0.1) is 10.8 Å². The van der Waals surface area contributed by atoms with Crippen LogP contribution in [0.4, 0.5) is 0 Å². The van der Waals surface area contributed by atoms with E-state index in [1.54, 1.807) is 30.3 Å². The highest BCUT2D eigenvalue weighted by Crippen LogP contribution is 2.38. The van der Waals surface area contributed by atoms with Crippen LogP contribution >= 0.6 is 0 Å². The van der Waals surface area contributed by atoms with E-state index in [0.29, 0.717) is 24.4 Å². The van der Waals surface area contributed by atoms with Gasteiger partial charge in [-0.15, -0.1) is 0 Å². The van der Waals surface area contributed by atoms with E-state index in [-0.39, 0.29) is 30.4 Å². The number of esters is 1. The van der Waals surface area contributed by atoms with Crippen molar-refractivity contribution >= 4 is 21.8 Å². The maximum atomic E-state index is 12.7. The predicted molar refractivity (Wildman–Crippen MR) is 115 cm³/mol. The van der Waals surface area contributed by atoms with E-state index in [1.807, 2.05) is 19.9 Å². The summed E-state index contributed by atoms with van der Waals surface area (Å²) in [5.74, 6) is -1.02. The number of sulfonamides is 1. The summed E-state index contributed by atoms with van der Waals surface area (Å²) in [6.07, 6.45) is 3.04. The monoisotopic (exact) mass is 444 g/mol. The molecule has 1 saturated carbocycles. The Labute approximate surface area is 183 Å². The molecule has 31 heavy (non-hydrogen) atoms. The molecule has 0 N–H and O–H groups in total. The molecule has 166 valence electrons. The van der Waals surface area contributed by atoms with Gasteiger partial charge in [-0.2, -0.15) is 4.31 Å². The predicted octanol–water partition coefficient (Wildman–Crippen LogP) is 3.27. The first-order valence-electron chi connectivity index (χ1n) is 10.7. The number of hydrogen-bond donors (Lipinski definition) is 0. The second-order valence-corrected chi connectivity index (χ2v) is 10.3. The van der Waals surface area contributed by atoms with Gasteiger partial charge in [0.1, 0.15) is 0 Å². The Balaban J connectivity index is 1.31. The number of benzene rings is 1. The number of hydrogen-bond acceptors (Lipinski definition) is 5. The van der Waals surface area contributed by atoms with E-state index in [0.717, 1.165) is 24.2 Å². The van der Waals surface area contributed by atoms with Crippen molar-refractivity contribution < 1.29 is 22.7 Å². The van der Waals surface area contributed by atoms with Crippen LogP contribution in [0, 0.1) is 19.8 Å². The van der Waals surface area contributed by atoms with Crippen molar-refractivity contribution in [2.75, 3.05) is 19.7 Å². The molecule has 0 bridgehead atoms. The lowest BCUT2D eigenvalue weighted by atomic mass is 9.98. The number of piperidine rings is 1. The first-order chi connectivity index (χ1) is 14.8. The van der Waals surface area contributed by atoms with Crippen LogP contribution < -0.4 is 0 Å². The van der Waals surface area contributed by atoms with Gasteiger partial charge in [-0.1, -0.05) is 18.2 Å². The smallest absolute Gasteiger partial charge is 0.309 e. The van der Waals surface area contributed by atoms with E-state index < -0.39 is 21.9 Å². The zero-order valence-electron chi connectivity index (χ0n) is 17.9. The fourth-order valence-electron chi connectivity index (χ4n) is 4.36. The third kappa shape index (κ3) is 4.45. The Morgan fingerprint density at radius 3 is 2.29 bits per heavy atom. The molecule has 0 amide bonds. The van der Waals surface area contributed by atoms with Crippen LogP contribution in [0.2, 0.25) is 0 Å². The number of ketones is 1. The van der Waals surface area contributed by atoms with Gasteiger partial charge in [0.2, 0.25) is 15.8 Å². The normalized spacial score (nSPS) is 18.1. The summed E-state index contributed by atoms with van der Waals surface area (Å²) >= 11 is 0. The molecule has 2 fully saturated rings. The van der Waals surface area contributed by atoms with Gasteiger partial charge in [-0.05, 0) is 57.7 Å². The largest absolute Gasteiger partial charge is 0.457 e. The quantitative estimate of drug-likeness (QED) is 0.483. The molecule has 1 aromatic carbocycles. The van der Waals surface area contributed by atoms with E-state index in [2.05, 4.69) is 4.57 Å². The second-order valence-electron chi connectivity index (χ2n) is 8.41. The molecule has 8 heteroatoms. The third-order valence-electron chi connectivity index (χ3n) is 6.21. The number of ether oxygens (including phenoxy) is 1. The third-order valence-corrected chi connectivity index (χ3v) is 8.12. The number of aromatic nitrogens is 1. The molecule has 0 spiro atoms. The molecular formula is C23H28N2O5S. The lowest BCUT2D eigenvalue weighted by molar-refractivity contribution is -0.148. The molecule has 1 saturated heterocycles. The number of Topliss-reactive ketones (excluding diaryl/α,β-unsaturated/α-hetero) is 1. The van der Waals surface area contributed by atoms with Gasteiger partial charge in [-0.3, -0.25) is 9.59 Å². The Bertz CT molecular complexity index is 1080. The van der Waals surface area contributed by atoms with Gasteiger partial charge in [-0.25, -0.2) is 8.42 Å². The van der Waals surface area contributed by atoms with Crippen molar-refractivity contribution in [1.82, 2.24) is 8.87 Å². The second kappa shape index (κ2) is 8.59. The first-order valence-corrected chi connectivity index (χ1v) is 12.2. The SMILES string of the molecule is Cc1cc(C(=O)COC(=O)C2CCN(S(=O)(=O)c3ccccc3)CC2)c(C)n1C1CC1. The number of nitrogens with zero attached hydrogens (tertiary/aromatic N) is 2. The van der Waals surface area contributed by atoms with Crippen molar-refractivity contribution in [2.45, 2.75) is 50.5 Å². The summed E-state index contributed by atoms with van der Waals surface area (Å²) in [5.41, 5.74) is 2.60. The average Bonchev–Trinajstić information content (AvgIpc) is 3.56.